The molecule has 35 heavy (non-hydrogen) atoms. The van der Waals surface area contributed by atoms with Crippen LogP contribution in [0.1, 0.15) is 63.5 Å². The van der Waals surface area contributed by atoms with E-state index in [2.05, 4.69) is 50.2 Å². The molecular weight excluding hydrogens is 432 g/mol. The van der Waals surface area contributed by atoms with Crippen LogP contribution >= 0.6 is 0 Å². The monoisotopic (exact) mass is 468 g/mol. The molecule has 0 aromatic heterocycles. The second-order valence-electron chi connectivity index (χ2n) is 12.5. The van der Waals surface area contributed by atoms with Gasteiger partial charge in [0.1, 0.15) is 5.92 Å². The van der Waals surface area contributed by atoms with Gasteiger partial charge in [-0.3, -0.25) is 9.59 Å². The fourth-order valence-electron chi connectivity index (χ4n) is 9.24. The summed E-state index contributed by atoms with van der Waals surface area (Å²) < 4.78 is 0. The molecule has 8 rings (SSSR count). The van der Waals surface area contributed by atoms with Gasteiger partial charge in [0.15, 0.2) is 0 Å². The van der Waals surface area contributed by atoms with Crippen molar-refractivity contribution in [3.05, 3.63) is 59.7 Å². The number of hydrogen-bond acceptors (Lipinski definition) is 2. The highest BCUT2D eigenvalue weighted by atomic mass is 16.2. The molecule has 2 aromatic rings. The normalized spacial score (nSPS) is 34.4. The van der Waals surface area contributed by atoms with E-state index >= 15 is 0 Å². The van der Waals surface area contributed by atoms with E-state index in [1.54, 1.807) is 0 Å². The van der Waals surface area contributed by atoms with Gasteiger partial charge < -0.3 is 9.80 Å². The first-order chi connectivity index (χ1) is 16.9. The van der Waals surface area contributed by atoms with Gasteiger partial charge in [0, 0.05) is 23.5 Å². The molecule has 0 N–H and O–H groups in total. The lowest BCUT2D eigenvalue weighted by Crippen LogP contribution is -2.59. The number of fused-ring (bicyclic) bond motifs is 2. The van der Waals surface area contributed by atoms with Gasteiger partial charge in [0.25, 0.3) is 0 Å². The number of anilines is 2. The van der Waals surface area contributed by atoms with Crippen LogP contribution in [0.5, 0.6) is 0 Å². The lowest BCUT2D eigenvalue weighted by molar-refractivity contribution is -0.150. The number of carbonyl (C=O) groups is 2. The molecule has 0 unspecified atom stereocenters. The first-order valence-corrected chi connectivity index (χ1v) is 13.8. The van der Waals surface area contributed by atoms with E-state index in [1.165, 1.54) is 30.4 Å². The Labute approximate surface area is 208 Å². The number of benzene rings is 2. The Morgan fingerprint density at radius 2 is 1.11 bits per heavy atom. The fraction of sp³-hybridized carbons (Fsp3) is 0.548. The van der Waals surface area contributed by atoms with Crippen LogP contribution in [0.15, 0.2) is 48.5 Å². The summed E-state index contributed by atoms with van der Waals surface area (Å²) in [7, 11) is 0. The molecule has 4 aliphatic carbocycles. The molecule has 2 amide bonds. The van der Waals surface area contributed by atoms with Crippen molar-refractivity contribution in [3.63, 3.8) is 0 Å². The number of hydrogen-bond donors (Lipinski definition) is 0. The van der Waals surface area contributed by atoms with Crippen LogP contribution in [0, 0.1) is 29.1 Å². The van der Waals surface area contributed by atoms with Crippen LogP contribution < -0.4 is 9.80 Å². The summed E-state index contributed by atoms with van der Waals surface area (Å²) >= 11 is 0. The SMILES string of the molecule is C[C@@H]1Cc2ccccc2N1C(=O)C(C(=O)N1c2ccccc2C[C@H]1C)C12CC3CC(CC(C3)C1)C2. The van der Waals surface area contributed by atoms with Gasteiger partial charge in [-0.1, -0.05) is 36.4 Å². The minimum absolute atomic E-state index is 0.0611. The molecule has 4 nitrogen and oxygen atoms in total. The van der Waals surface area contributed by atoms with Crippen LogP contribution in [0.25, 0.3) is 0 Å². The van der Waals surface area contributed by atoms with Crippen molar-refractivity contribution in [2.45, 2.75) is 77.3 Å². The van der Waals surface area contributed by atoms with Crippen molar-refractivity contribution >= 4 is 23.2 Å². The second-order valence-corrected chi connectivity index (χ2v) is 12.5. The van der Waals surface area contributed by atoms with Crippen LogP contribution in [0.2, 0.25) is 0 Å². The summed E-state index contributed by atoms with van der Waals surface area (Å²) in [6, 6.07) is 16.8. The third-order valence-corrected chi connectivity index (χ3v) is 10.1. The zero-order chi connectivity index (χ0) is 23.9. The molecule has 2 aromatic carbocycles. The fourth-order valence-corrected chi connectivity index (χ4v) is 9.24. The molecule has 4 bridgehead atoms. The second kappa shape index (κ2) is 7.69. The Morgan fingerprint density at radius 1 is 0.714 bits per heavy atom. The molecule has 4 heteroatoms. The average Bonchev–Trinajstić information content (AvgIpc) is 3.32. The first kappa shape index (κ1) is 21.6. The van der Waals surface area contributed by atoms with Crippen molar-refractivity contribution in [1.29, 1.82) is 0 Å². The van der Waals surface area contributed by atoms with Gasteiger partial charge >= 0.3 is 0 Å². The van der Waals surface area contributed by atoms with Crippen LogP contribution in [-0.2, 0) is 22.4 Å². The van der Waals surface area contributed by atoms with E-state index in [4.69, 9.17) is 0 Å². The predicted molar refractivity (Wildman–Crippen MR) is 138 cm³/mol. The van der Waals surface area contributed by atoms with Crippen LogP contribution in [-0.4, -0.2) is 23.9 Å². The van der Waals surface area contributed by atoms with Crippen molar-refractivity contribution in [2.24, 2.45) is 29.1 Å². The Bertz CT molecular complexity index is 1100. The van der Waals surface area contributed by atoms with E-state index in [1.807, 2.05) is 21.9 Å². The molecule has 4 saturated carbocycles. The van der Waals surface area contributed by atoms with Crippen molar-refractivity contribution < 1.29 is 9.59 Å². The number of amides is 2. The summed E-state index contributed by atoms with van der Waals surface area (Å²) in [5.41, 5.74) is 4.30. The van der Waals surface area contributed by atoms with E-state index in [9.17, 15) is 9.59 Å². The van der Waals surface area contributed by atoms with Crippen molar-refractivity contribution in [1.82, 2.24) is 0 Å². The zero-order valence-corrected chi connectivity index (χ0v) is 21.0. The molecule has 2 atom stereocenters. The summed E-state index contributed by atoms with van der Waals surface area (Å²) in [6.07, 6.45) is 8.80. The maximum atomic E-state index is 14.7. The lowest BCUT2D eigenvalue weighted by Gasteiger charge is -2.59. The molecule has 6 aliphatic rings. The number of nitrogens with zero attached hydrogens (tertiary/aromatic N) is 2. The lowest BCUT2D eigenvalue weighted by atomic mass is 9.46. The van der Waals surface area contributed by atoms with Gasteiger partial charge in [0.2, 0.25) is 11.8 Å². The maximum Gasteiger partial charge on any atom is 0.240 e. The summed E-state index contributed by atoms with van der Waals surface area (Å²) in [4.78, 5) is 33.5. The highest BCUT2D eigenvalue weighted by molar-refractivity contribution is 6.14. The number of carbonyl (C=O) groups excluding carboxylic acids is 2. The zero-order valence-electron chi connectivity index (χ0n) is 21.0. The largest absolute Gasteiger partial charge is 0.308 e. The van der Waals surface area contributed by atoms with Gasteiger partial charge in [-0.2, -0.15) is 0 Å². The van der Waals surface area contributed by atoms with E-state index < -0.39 is 5.92 Å². The first-order valence-electron chi connectivity index (χ1n) is 13.8. The Morgan fingerprint density at radius 3 is 1.54 bits per heavy atom. The Kier molecular flexibility index (Phi) is 4.75. The summed E-state index contributed by atoms with van der Waals surface area (Å²) in [6.45, 7) is 4.29. The predicted octanol–water partition coefficient (Wildman–Crippen LogP) is 5.77. The average molecular weight is 469 g/mol. The molecule has 4 fully saturated rings. The van der Waals surface area contributed by atoms with E-state index in [0.29, 0.717) is 17.8 Å². The molecule has 2 heterocycles. The van der Waals surface area contributed by atoms with E-state index in [-0.39, 0.29) is 29.3 Å². The number of rotatable bonds is 3. The topological polar surface area (TPSA) is 40.6 Å². The van der Waals surface area contributed by atoms with Gasteiger partial charge in [-0.05, 0) is 112 Å². The number of para-hydroxylation sites is 2. The van der Waals surface area contributed by atoms with Crippen LogP contribution in [0.4, 0.5) is 11.4 Å². The van der Waals surface area contributed by atoms with Gasteiger partial charge in [-0.15, -0.1) is 0 Å². The molecule has 2 aliphatic heterocycles. The molecule has 0 saturated heterocycles. The standard InChI is InChI=1S/C31H36N2O2/c1-19-11-24-7-3-5-9-26(24)32(19)29(34)28(31-16-21-13-22(17-31)15-23(14-21)18-31)30(35)33-20(2)12-25-8-4-6-10-27(25)33/h3-10,19-23,28H,11-18H2,1-2H3/t19-,20-,21?,22?,23?,31?/m1/s1. The Hall–Kier alpha value is -2.62. The highest BCUT2D eigenvalue weighted by Crippen LogP contribution is 2.63. The quantitative estimate of drug-likeness (QED) is 0.536. The summed E-state index contributed by atoms with van der Waals surface area (Å²) in [5, 5.41) is 0. The maximum absolute atomic E-state index is 14.7. The van der Waals surface area contributed by atoms with Crippen molar-refractivity contribution in [2.75, 3.05) is 9.80 Å². The minimum atomic E-state index is -0.585. The third kappa shape index (κ3) is 3.17. The minimum Gasteiger partial charge on any atom is -0.308 e. The highest BCUT2D eigenvalue weighted by Gasteiger charge is 2.60. The molecular formula is C31H36N2O2. The Balaban J connectivity index is 1.33. The molecule has 0 spiro atoms. The molecule has 0 radical (unpaired) electrons. The van der Waals surface area contributed by atoms with Crippen molar-refractivity contribution in [3.8, 4) is 0 Å². The van der Waals surface area contributed by atoms with Gasteiger partial charge in [-0.25, -0.2) is 0 Å². The third-order valence-electron chi connectivity index (χ3n) is 10.1. The van der Waals surface area contributed by atoms with Gasteiger partial charge in [0.05, 0.1) is 0 Å². The van der Waals surface area contributed by atoms with Crippen LogP contribution in [0.3, 0.4) is 0 Å². The summed E-state index contributed by atoms with van der Waals surface area (Å²) in [5.74, 6) is 1.61. The smallest absolute Gasteiger partial charge is 0.240 e. The van der Waals surface area contributed by atoms with E-state index in [0.717, 1.165) is 43.5 Å². The molecule has 182 valence electrons.